The van der Waals surface area contributed by atoms with Crippen molar-refractivity contribution >= 4 is 11.7 Å². The van der Waals surface area contributed by atoms with Gasteiger partial charge in [0.2, 0.25) is 5.91 Å². The van der Waals surface area contributed by atoms with Gasteiger partial charge in [-0.3, -0.25) is 9.69 Å². The summed E-state index contributed by atoms with van der Waals surface area (Å²) in [7, 11) is 1.65. The van der Waals surface area contributed by atoms with Crippen LogP contribution in [0.4, 0.5) is 8.78 Å². The summed E-state index contributed by atoms with van der Waals surface area (Å²) in [6.07, 6.45) is 2.90. The third kappa shape index (κ3) is 6.14. The quantitative estimate of drug-likeness (QED) is 0.609. The smallest absolute Gasteiger partial charge is 0.238 e. The largest absolute Gasteiger partial charge is 0.496 e. The molecule has 3 rings (SSSR count). The molecule has 1 aliphatic heterocycles. The number of methoxy groups -OCH3 is 1. The van der Waals surface area contributed by atoms with Crippen molar-refractivity contribution in [3.8, 4) is 0 Å². The van der Waals surface area contributed by atoms with Crippen LogP contribution in [-0.4, -0.2) is 43.1 Å². The molecule has 2 N–H and O–H groups in total. The zero-order valence-corrected chi connectivity index (χ0v) is 18.8. The number of piperazine rings is 1. The van der Waals surface area contributed by atoms with Crippen LogP contribution >= 0.6 is 0 Å². The summed E-state index contributed by atoms with van der Waals surface area (Å²) in [5, 5.41) is 6.24. The Hall–Kier alpha value is -2.77. The van der Waals surface area contributed by atoms with Crippen LogP contribution in [0.2, 0.25) is 0 Å². The van der Waals surface area contributed by atoms with Crippen molar-refractivity contribution in [1.29, 1.82) is 0 Å². The molecule has 32 heavy (non-hydrogen) atoms. The number of allylic oxidation sites excluding steroid dienone is 1. The Morgan fingerprint density at radius 3 is 2.50 bits per heavy atom. The van der Waals surface area contributed by atoms with Crippen LogP contribution in [0.25, 0.3) is 5.76 Å². The van der Waals surface area contributed by atoms with Crippen LogP contribution in [0, 0.1) is 11.6 Å². The highest BCUT2D eigenvalue weighted by Gasteiger charge is 2.29. The molecule has 0 saturated carbocycles. The molecule has 0 aromatic heterocycles. The lowest BCUT2D eigenvalue weighted by Crippen LogP contribution is -2.60. The average Bonchev–Trinajstić information content (AvgIpc) is 2.78. The Morgan fingerprint density at radius 1 is 1.19 bits per heavy atom. The first-order chi connectivity index (χ1) is 15.4. The monoisotopic (exact) mass is 443 g/mol. The Labute approximate surface area is 188 Å². The third-order valence-electron chi connectivity index (χ3n) is 5.53. The first kappa shape index (κ1) is 23.9. The second-order valence-corrected chi connectivity index (χ2v) is 8.11. The topological polar surface area (TPSA) is 53.6 Å². The fourth-order valence-corrected chi connectivity index (χ4v) is 3.97. The fourth-order valence-electron chi connectivity index (χ4n) is 3.97. The van der Waals surface area contributed by atoms with Crippen molar-refractivity contribution in [2.45, 2.75) is 45.4 Å². The molecule has 2 aromatic rings. The fraction of sp³-hybridized carbons (Fsp3) is 0.400. The number of amides is 1. The number of nitrogens with one attached hydrogen (secondary N) is 2. The van der Waals surface area contributed by atoms with E-state index in [1.165, 1.54) is 18.2 Å². The van der Waals surface area contributed by atoms with Crippen LogP contribution in [0.5, 0.6) is 0 Å². The Bertz CT molecular complexity index is 926. The molecule has 1 amide bonds. The first-order valence-corrected chi connectivity index (χ1v) is 10.9. The van der Waals surface area contributed by atoms with Gasteiger partial charge in [-0.2, -0.15) is 0 Å². The summed E-state index contributed by atoms with van der Waals surface area (Å²) in [4.78, 5) is 14.7. The number of rotatable bonds is 8. The van der Waals surface area contributed by atoms with Gasteiger partial charge in [-0.05, 0) is 37.1 Å². The molecule has 2 unspecified atom stereocenters. The van der Waals surface area contributed by atoms with Crippen LogP contribution < -0.4 is 10.6 Å². The molecule has 172 valence electrons. The first-order valence-electron chi connectivity index (χ1n) is 10.9. The summed E-state index contributed by atoms with van der Waals surface area (Å²) in [5.41, 5.74) is 2.00. The Balaban J connectivity index is 1.58. The minimum atomic E-state index is -0.564. The van der Waals surface area contributed by atoms with Crippen LogP contribution in [-0.2, 0) is 22.6 Å². The minimum Gasteiger partial charge on any atom is -0.496 e. The maximum absolute atomic E-state index is 14.0. The number of nitrogens with zero attached hydrogens (tertiary/aromatic N) is 1. The highest BCUT2D eigenvalue weighted by Crippen LogP contribution is 2.18. The number of ether oxygens (including phenoxy) is 1. The lowest BCUT2D eigenvalue weighted by Gasteiger charge is -2.37. The van der Waals surface area contributed by atoms with E-state index in [9.17, 15) is 13.6 Å². The lowest BCUT2D eigenvalue weighted by atomic mass is 10.1. The second-order valence-electron chi connectivity index (χ2n) is 8.11. The number of halogens is 2. The second kappa shape index (κ2) is 11.2. The molecule has 7 heteroatoms. The van der Waals surface area contributed by atoms with Crippen molar-refractivity contribution < 1.29 is 18.3 Å². The molecular formula is C25H31F2N3O2. The standard InChI is InChI=1S/C25H31F2N3O2/c1-4-6-24(32-3)19-11-9-18(10-12-19)13-28-25(31)23-16-30(14-17(2)29-23)15-20-21(26)7-5-8-22(20)27/h5-12,17,23,29H,4,13-16H2,1-3H3,(H,28,31)/b24-6-. The third-order valence-corrected chi connectivity index (χ3v) is 5.53. The van der Waals surface area contributed by atoms with Crippen LogP contribution in [0.15, 0.2) is 48.5 Å². The van der Waals surface area contributed by atoms with Crippen LogP contribution in [0.3, 0.4) is 0 Å². The SMILES string of the molecule is CC/C=C(\OC)c1ccc(CNC(=O)C2CN(Cc3c(F)cccc3F)CC(C)N2)cc1. The molecule has 0 spiro atoms. The summed E-state index contributed by atoms with van der Waals surface area (Å²) in [6.45, 7) is 5.52. The highest BCUT2D eigenvalue weighted by molar-refractivity contribution is 5.82. The van der Waals surface area contributed by atoms with Gasteiger partial charge in [0.15, 0.2) is 0 Å². The molecular weight excluding hydrogens is 412 g/mol. The van der Waals surface area contributed by atoms with Gasteiger partial charge in [0, 0.05) is 43.3 Å². The molecule has 1 aliphatic rings. The summed E-state index contributed by atoms with van der Waals surface area (Å²) in [5.74, 6) is -0.435. The van der Waals surface area contributed by atoms with Gasteiger partial charge in [0.25, 0.3) is 0 Å². The zero-order valence-electron chi connectivity index (χ0n) is 18.8. The summed E-state index contributed by atoms with van der Waals surface area (Å²) < 4.78 is 33.5. The molecule has 0 radical (unpaired) electrons. The van der Waals surface area contributed by atoms with Crippen molar-refractivity contribution in [1.82, 2.24) is 15.5 Å². The van der Waals surface area contributed by atoms with Crippen LogP contribution in [0.1, 0.15) is 37.0 Å². The van der Waals surface area contributed by atoms with E-state index in [2.05, 4.69) is 17.6 Å². The molecule has 1 saturated heterocycles. The van der Waals surface area contributed by atoms with E-state index < -0.39 is 17.7 Å². The van der Waals surface area contributed by atoms with Crippen molar-refractivity contribution in [3.63, 3.8) is 0 Å². The van der Waals surface area contributed by atoms with E-state index >= 15 is 0 Å². The number of hydrogen-bond acceptors (Lipinski definition) is 4. The minimum absolute atomic E-state index is 0.0198. The molecule has 2 aromatic carbocycles. The number of hydrogen-bond donors (Lipinski definition) is 2. The number of carbonyl (C=O) groups is 1. The normalized spacial score (nSPS) is 19.6. The van der Waals surface area contributed by atoms with E-state index in [4.69, 9.17) is 4.74 Å². The van der Waals surface area contributed by atoms with Gasteiger partial charge in [0.05, 0.1) is 13.2 Å². The van der Waals surface area contributed by atoms with Crippen molar-refractivity contribution in [2.75, 3.05) is 20.2 Å². The number of benzene rings is 2. The van der Waals surface area contributed by atoms with E-state index in [1.807, 2.05) is 42.2 Å². The molecule has 1 fully saturated rings. The van der Waals surface area contributed by atoms with Gasteiger partial charge in [-0.1, -0.05) is 37.3 Å². The molecule has 0 bridgehead atoms. The Morgan fingerprint density at radius 2 is 1.88 bits per heavy atom. The van der Waals surface area contributed by atoms with Crippen molar-refractivity contribution in [2.24, 2.45) is 0 Å². The summed E-state index contributed by atoms with van der Waals surface area (Å²) >= 11 is 0. The number of carbonyl (C=O) groups excluding carboxylic acids is 1. The molecule has 2 atom stereocenters. The lowest BCUT2D eigenvalue weighted by molar-refractivity contribution is -0.124. The van der Waals surface area contributed by atoms with Gasteiger partial charge in [0.1, 0.15) is 17.4 Å². The predicted molar refractivity (Wildman–Crippen MR) is 122 cm³/mol. The van der Waals surface area contributed by atoms with Gasteiger partial charge in [-0.25, -0.2) is 8.78 Å². The van der Waals surface area contributed by atoms with E-state index in [0.717, 1.165) is 23.3 Å². The van der Waals surface area contributed by atoms with E-state index in [-0.39, 0.29) is 24.1 Å². The van der Waals surface area contributed by atoms with Gasteiger partial charge in [-0.15, -0.1) is 0 Å². The maximum atomic E-state index is 14.0. The van der Waals surface area contributed by atoms with Gasteiger partial charge < -0.3 is 15.4 Å². The molecule has 0 aliphatic carbocycles. The van der Waals surface area contributed by atoms with Gasteiger partial charge >= 0.3 is 0 Å². The predicted octanol–water partition coefficient (Wildman–Crippen LogP) is 3.84. The molecule has 1 heterocycles. The summed E-state index contributed by atoms with van der Waals surface area (Å²) in [6, 6.07) is 11.3. The van der Waals surface area contributed by atoms with Crippen molar-refractivity contribution in [3.05, 3.63) is 76.9 Å². The van der Waals surface area contributed by atoms with E-state index in [1.54, 1.807) is 7.11 Å². The average molecular weight is 444 g/mol. The highest BCUT2D eigenvalue weighted by atomic mass is 19.1. The molecule has 5 nitrogen and oxygen atoms in total. The maximum Gasteiger partial charge on any atom is 0.238 e. The zero-order chi connectivity index (χ0) is 23.1. The van der Waals surface area contributed by atoms with E-state index in [0.29, 0.717) is 19.6 Å². The Kier molecular flexibility index (Phi) is 8.36.